The number of aromatic nitrogens is 2. The Morgan fingerprint density at radius 3 is 3.11 bits per heavy atom. The third kappa shape index (κ3) is 1.72. The van der Waals surface area contributed by atoms with E-state index in [1.807, 2.05) is 17.6 Å². The van der Waals surface area contributed by atoms with E-state index in [9.17, 15) is 4.79 Å². The molecule has 19 heavy (non-hydrogen) atoms. The number of methoxy groups -OCH3 is 1. The molecule has 6 heteroatoms. The summed E-state index contributed by atoms with van der Waals surface area (Å²) < 4.78 is 12.2. The van der Waals surface area contributed by atoms with Crippen LogP contribution in [-0.2, 0) is 9.53 Å². The molecule has 6 nitrogen and oxygen atoms in total. The van der Waals surface area contributed by atoms with Crippen LogP contribution in [-0.4, -0.2) is 22.6 Å². The monoisotopic (exact) mass is 259 g/mol. The Morgan fingerprint density at radius 2 is 2.42 bits per heavy atom. The number of carbonyl (C=O) groups is 1. The maximum atomic E-state index is 12.0. The van der Waals surface area contributed by atoms with Gasteiger partial charge < -0.3 is 19.0 Å². The van der Waals surface area contributed by atoms with Crippen LogP contribution >= 0.6 is 0 Å². The number of anilines is 1. The fourth-order valence-corrected chi connectivity index (χ4v) is 2.30. The van der Waals surface area contributed by atoms with Gasteiger partial charge in [0.15, 0.2) is 0 Å². The second kappa shape index (κ2) is 4.31. The van der Waals surface area contributed by atoms with Gasteiger partial charge in [0.2, 0.25) is 5.95 Å². The van der Waals surface area contributed by atoms with E-state index in [4.69, 9.17) is 9.15 Å². The fraction of sp³-hybridized carbons (Fsp3) is 0.231. The van der Waals surface area contributed by atoms with Crippen molar-refractivity contribution in [2.24, 2.45) is 0 Å². The third-order valence-electron chi connectivity index (χ3n) is 3.14. The standard InChI is InChI=1S/C13H13N3O3/c1-8-10(12(17)18-2)11(9-4-3-7-19-9)16-6-5-14-13(16)15-8/h3-7,11H,1-2H3,(H,14,15). The number of carbonyl (C=O) groups excluding carboxylic acids is 1. The summed E-state index contributed by atoms with van der Waals surface area (Å²) in [5, 5.41) is 3.09. The molecule has 0 aliphatic carbocycles. The molecule has 0 amide bonds. The van der Waals surface area contributed by atoms with E-state index in [0.717, 1.165) is 0 Å². The number of imidazole rings is 1. The van der Waals surface area contributed by atoms with Gasteiger partial charge in [-0.2, -0.15) is 0 Å². The van der Waals surface area contributed by atoms with E-state index in [2.05, 4.69) is 10.3 Å². The highest BCUT2D eigenvalue weighted by atomic mass is 16.5. The van der Waals surface area contributed by atoms with E-state index in [1.54, 1.807) is 24.7 Å². The van der Waals surface area contributed by atoms with Crippen LogP contribution in [0.3, 0.4) is 0 Å². The smallest absolute Gasteiger partial charge is 0.338 e. The molecule has 1 N–H and O–H groups in total. The minimum atomic E-state index is -0.384. The number of fused-ring (bicyclic) bond motifs is 1. The molecule has 0 saturated carbocycles. The first-order valence-electron chi connectivity index (χ1n) is 5.84. The summed E-state index contributed by atoms with van der Waals surface area (Å²) in [6.45, 7) is 1.82. The maximum absolute atomic E-state index is 12.0. The summed E-state index contributed by atoms with van der Waals surface area (Å²) >= 11 is 0. The molecule has 1 unspecified atom stereocenters. The molecular weight excluding hydrogens is 246 g/mol. The lowest BCUT2D eigenvalue weighted by atomic mass is 10.0. The van der Waals surface area contributed by atoms with Crippen molar-refractivity contribution < 1.29 is 13.9 Å². The van der Waals surface area contributed by atoms with Gasteiger partial charge in [0, 0.05) is 18.1 Å². The predicted molar refractivity (Wildman–Crippen MR) is 67.4 cm³/mol. The first kappa shape index (κ1) is 11.6. The van der Waals surface area contributed by atoms with E-state index in [1.165, 1.54) is 7.11 Å². The second-order valence-electron chi connectivity index (χ2n) is 4.23. The first-order valence-corrected chi connectivity index (χ1v) is 5.84. The van der Waals surface area contributed by atoms with Crippen molar-refractivity contribution in [1.82, 2.24) is 9.55 Å². The SMILES string of the molecule is COC(=O)C1=C(C)Nc2nccn2C1c1ccco1. The van der Waals surface area contributed by atoms with Crippen LogP contribution in [0.2, 0.25) is 0 Å². The lowest BCUT2D eigenvalue weighted by molar-refractivity contribution is -0.136. The molecule has 0 radical (unpaired) electrons. The van der Waals surface area contributed by atoms with Crippen molar-refractivity contribution in [1.29, 1.82) is 0 Å². The van der Waals surface area contributed by atoms with Crippen molar-refractivity contribution in [2.45, 2.75) is 13.0 Å². The van der Waals surface area contributed by atoms with Gasteiger partial charge in [-0.05, 0) is 19.1 Å². The summed E-state index contributed by atoms with van der Waals surface area (Å²) in [5.41, 5.74) is 1.23. The largest absolute Gasteiger partial charge is 0.467 e. The Hall–Kier alpha value is -2.50. The number of furan rings is 1. The number of nitrogens with zero attached hydrogens (tertiary/aromatic N) is 2. The Balaban J connectivity index is 2.18. The van der Waals surface area contributed by atoms with Gasteiger partial charge in [-0.15, -0.1) is 0 Å². The molecule has 0 fully saturated rings. The number of hydrogen-bond acceptors (Lipinski definition) is 5. The molecule has 98 valence electrons. The number of allylic oxidation sites excluding steroid dienone is 1. The third-order valence-corrected chi connectivity index (χ3v) is 3.14. The van der Waals surface area contributed by atoms with Crippen LogP contribution in [0.15, 0.2) is 46.5 Å². The Kier molecular flexibility index (Phi) is 2.63. The van der Waals surface area contributed by atoms with Crippen LogP contribution in [0.25, 0.3) is 0 Å². The molecule has 3 heterocycles. The molecule has 0 spiro atoms. The average molecular weight is 259 g/mol. The summed E-state index contributed by atoms with van der Waals surface area (Å²) in [6.07, 6.45) is 5.05. The lowest BCUT2D eigenvalue weighted by Gasteiger charge is -2.27. The minimum Gasteiger partial charge on any atom is -0.467 e. The first-order chi connectivity index (χ1) is 9.22. The number of ether oxygens (including phenoxy) is 1. The van der Waals surface area contributed by atoms with Gasteiger partial charge >= 0.3 is 5.97 Å². The normalized spacial score (nSPS) is 17.9. The zero-order valence-corrected chi connectivity index (χ0v) is 10.6. The fourth-order valence-electron chi connectivity index (χ4n) is 2.30. The number of nitrogens with one attached hydrogen (secondary N) is 1. The van der Waals surface area contributed by atoms with E-state index in [0.29, 0.717) is 23.0 Å². The van der Waals surface area contributed by atoms with E-state index >= 15 is 0 Å². The molecule has 1 aliphatic heterocycles. The van der Waals surface area contributed by atoms with E-state index < -0.39 is 0 Å². The van der Waals surface area contributed by atoms with Gasteiger partial charge in [0.25, 0.3) is 0 Å². The minimum absolute atomic E-state index is 0.360. The predicted octanol–water partition coefficient (Wildman–Crippen LogP) is 1.94. The molecule has 1 aliphatic rings. The summed E-state index contributed by atoms with van der Waals surface area (Å²) in [5.74, 6) is 0.956. The highest BCUT2D eigenvalue weighted by Gasteiger charge is 2.34. The number of rotatable bonds is 2. The van der Waals surface area contributed by atoms with Crippen molar-refractivity contribution in [3.05, 3.63) is 47.8 Å². The molecule has 0 aromatic carbocycles. The van der Waals surface area contributed by atoms with E-state index in [-0.39, 0.29) is 12.0 Å². The highest BCUT2D eigenvalue weighted by Crippen LogP contribution is 2.35. The lowest BCUT2D eigenvalue weighted by Crippen LogP contribution is -2.27. The topological polar surface area (TPSA) is 69.3 Å². The van der Waals surface area contributed by atoms with Gasteiger partial charge in [0.1, 0.15) is 11.8 Å². The van der Waals surface area contributed by atoms with Crippen molar-refractivity contribution >= 4 is 11.9 Å². The van der Waals surface area contributed by atoms with Crippen LogP contribution < -0.4 is 5.32 Å². The molecule has 1 atom stereocenters. The zero-order valence-electron chi connectivity index (χ0n) is 10.6. The van der Waals surface area contributed by atoms with Crippen LogP contribution in [0.1, 0.15) is 18.7 Å². The van der Waals surface area contributed by atoms with Crippen molar-refractivity contribution in [2.75, 3.05) is 12.4 Å². The van der Waals surface area contributed by atoms with Crippen LogP contribution in [0.4, 0.5) is 5.95 Å². The molecule has 2 aromatic rings. The molecule has 0 bridgehead atoms. The van der Waals surface area contributed by atoms with Gasteiger partial charge in [-0.25, -0.2) is 9.78 Å². The summed E-state index contributed by atoms with van der Waals surface area (Å²) in [4.78, 5) is 16.2. The average Bonchev–Trinajstić information content (AvgIpc) is 3.06. The van der Waals surface area contributed by atoms with Crippen LogP contribution in [0, 0.1) is 0 Å². The summed E-state index contributed by atoms with van der Waals surface area (Å²) in [6, 6.07) is 3.26. The summed E-state index contributed by atoms with van der Waals surface area (Å²) in [7, 11) is 1.37. The van der Waals surface area contributed by atoms with Crippen molar-refractivity contribution in [3.8, 4) is 0 Å². The quantitative estimate of drug-likeness (QED) is 0.835. The van der Waals surface area contributed by atoms with Gasteiger partial charge in [-0.3, -0.25) is 0 Å². The zero-order chi connectivity index (χ0) is 13.4. The Bertz CT molecular complexity index is 640. The second-order valence-corrected chi connectivity index (χ2v) is 4.23. The van der Waals surface area contributed by atoms with Crippen molar-refractivity contribution in [3.63, 3.8) is 0 Å². The van der Waals surface area contributed by atoms with Gasteiger partial charge in [0.05, 0.1) is 18.9 Å². The Morgan fingerprint density at radius 1 is 1.58 bits per heavy atom. The molecule has 0 saturated heterocycles. The Labute approximate surface area is 109 Å². The molecular formula is C13H13N3O3. The van der Waals surface area contributed by atoms with Crippen LogP contribution in [0.5, 0.6) is 0 Å². The maximum Gasteiger partial charge on any atom is 0.338 e. The number of esters is 1. The molecule has 3 rings (SSSR count). The van der Waals surface area contributed by atoms with Gasteiger partial charge in [-0.1, -0.05) is 0 Å². The highest BCUT2D eigenvalue weighted by molar-refractivity contribution is 5.92. The molecule has 2 aromatic heterocycles. The number of hydrogen-bond donors (Lipinski definition) is 1.